The molecule has 0 atom stereocenters. The average Bonchev–Trinajstić information content (AvgIpc) is 2.86. The highest BCUT2D eigenvalue weighted by Crippen LogP contribution is 2.20. The van der Waals surface area contributed by atoms with Crippen LogP contribution in [0.1, 0.15) is 5.76 Å². The van der Waals surface area contributed by atoms with Gasteiger partial charge in [-0.05, 0) is 30.3 Å². The Labute approximate surface area is 122 Å². The van der Waals surface area contributed by atoms with Crippen molar-refractivity contribution in [3.8, 4) is 0 Å². The van der Waals surface area contributed by atoms with Gasteiger partial charge in [-0.15, -0.1) is 11.8 Å². The summed E-state index contributed by atoms with van der Waals surface area (Å²) in [7, 11) is 0. The monoisotopic (exact) mass is 343 g/mol. The first kappa shape index (κ1) is 14.1. The lowest BCUT2D eigenvalue weighted by Crippen LogP contribution is -2.15. The second kappa shape index (κ2) is 6.77. The normalized spacial score (nSPS) is 10.4. The molecular weight excluding hydrogens is 333 g/mol. The minimum atomic E-state index is -0.459. The fraction of sp³-hybridized carbons (Fsp3) is 0.154. The Morgan fingerprint density at radius 3 is 2.95 bits per heavy atom. The molecule has 1 aromatic carbocycles. The third-order valence-electron chi connectivity index (χ3n) is 2.26. The number of nitrogens with one attached hydrogen (secondary N) is 1. The van der Waals surface area contributed by atoms with E-state index in [9.17, 15) is 9.18 Å². The van der Waals surface area contributed by atoms with Gasteiger partial charge in [-0.1, -0.05) is 15.9 Å². The molecule has 1 heterocycles. The number of hydrogen-bond acceptors (Lipinski definition) is 3. The molecule has 0 aliphatic rings. The summed E-state index contributed by atoms with van der Waals surface area (Å²) in [6.07, 6.45) is 1.59. The van der Waals surface area contributed by atoms with Gasteiger partial charge in [0.15, 0.2) is 0 Å². The Hall–Kier alpha value is -1.27. The van der Waals surface area contributed by atoms with E-state index in [1.807, 2.05) is 6.07 Å². The van der Waals surface area contributed by atoms with Crippen LogP contribution < -0.4 is 5.32 Å². The van der Waals surface area contributed by atoms with Crippen LogP contribution in [0.2, 0.25) is 0 Å². The predicted octanol–water partition coefficient (Wildman–Crippen LogP) is 4.05. The number of carbonyl (C=O) groups excluding carboxylic acids is 1. The van der Waals surface area contributed by atoms with E-state index in [2.05, 4.69) is 21.2 Å². The average molecular weight is 344 g/mol. The van der Waals surface area contributed by atoms with Crippen LogP contribution in [-0.2, 0) is 10.5 Å². The van der Waals surface area contributed by atoms with Crippen LogP contribution >= 0.6 is 27.7 Å². The molecular formula is C13H11BrFNO2S. The summed E-state index contributed by atoms with van der Waals surface area (Å²) in [5.74, 6) is 0.976. The predicted molar refractivity (Wildman–Crippen MR) is 77.6 cm³/mol. The first-order chi connectivity index (χ1) is 9.15. The van der Waals surface area contributed by atoms with Gasteiger partial charge in [-0.2, -0.15) is 0 Å². The molecule has 100 valence electrons. The first-order valence-electron chi connectivity index (χ1n) is 5.50. The van der Waals surface area contributed by atoms with Crippen molar-refractivity contribution in [3.63, 3.8) is 0 Å². The molecule has 3 nitrogen and oxygen atoms in total. The molecule has 6 heteroatoms. The topological polar surface area (TPSA) is 42.2 Å². The minimum Gasteiger partial charge on any atom is -0.468 e. The van der Waals surface area contributed by atoms with Gasteiger partial charge in [0.25, 0.3) is 0 Å². The summed E-state index contributed by atoms with van der Waals surface area (Å²) < 4.78 is 19.3. The van der Waals surface area contributed by atoms with E-state index in [0.29, 0.717) is 10.2 Å². The molecule has 0 radical (unpaired) electrons. The lowest BCUT2D eigenvalue weighted by atomic mass is 10.3. The zero-order valence-corrected chi connectivity index (χ0v) is 12.3. The van der Waals surface area contributed by atoms with E-state index >= 15 is 0 Å². The molecule has 0 fully saturated rings. The molecule has 0 aliphatic carbocycles. The van der Waals surface area contributed by atoms with Gasteiger partial charge in [0.05, 0.1) is 23.5 Å². The number of thioether (sulfide) groups is 1. The lowest BCUT2D eigenvalue weighted by Gasteiger charge is -2.06. The quantitative estimate of drug-likeness (QED) is 0.890. The van der Waals surface area contributed by atoms with E-state index < -0.39 is 5.82 Å². The molecule has 1 amide bonds. The van der Waals surface area contributed by atoms with Crippen LogP contribution in [-0.4, -0.2) is 11.7 Å². The highest BCUT2D eigenvalue weighted by Gasteiger charge is 2.08. The first-order valence-corrected chi connectivity index (χ1v) is 7.45. The molecule has 2 aromatic rings. The SMILES string of the molecule is O=C(CSCc1ccco1)Nc1ccc(Br)cc1F. The Bertz CT molecular complexity index is 560. The van der Waals surface area contributed by atoms with Crippen molar-refractivity contribution < 1.29 is 13.6 Å². The summed E-state index contributed by atoms with van der Waals surface area (Å²) in [5.41, 5.74) is 0.187. The van der Waals surface area contributed by atoms with Crippen LogP contribution in [0.4, 0.5) is 10.1 Å². The number of hydrogen-bond donors (Lipinski definition) is 1. The molecule has 0 bridgehead atoms. The number of amides is 1. The van der Waals surface area contributed by atoms with Gasteiger partial charge in [-0.25, -0.2) is 4.39 Å². The fourth-order valence-corrected chi connectivity index (χ4v) is 2.47. The molecule has 0 saturated heterocycles. The van der Waals surface area contributed by atoms with Gasteiger partial charge in [0, 0.05) is 4.47 Å². The maximum absolute atomic E-state index is 13.5. The smallest absolute Gasteiger partial charge is 0.234 e. The summed E-state index contributed by atoms with van der Waals surface area (Å²) in [6, 6.07) is 8.15. The Kier molecular flexibility index (Phi) is 5.04. The Morgan fingerprint density at radius 1 is 1.42 bits per heavy atom. The van der Waals surface area contributed by atoms with Crippen molar-refractivity contribution in [2.75, 3.05) is 11.1 Å². The van der Waals surface area contributed by atoms with Crippen molar-refractivity contribution in [2.45, 2.75) is 5.75 Å². The summed E-state index contributed by atoms with van der Waals surface area (Å²) in [5, 5.41) is 2.53. The molecule has 0 unspecified atom stereocenters. The Balaban J connectivity index is 1.80. The second-order valence-corrected chi connectivity index (χ2v) is 5.65. The van der Waals surface area contributed by atoms with Crippen LogP contribution in [0, 0.1) is 5.82 Å². The van der Waals surface area contributed by atoms with Gasteiger partial charge in [0.2, 0.25) is 5.91 Å². The van der Waals surface area contributed by atoms with Gasteiger partial charge in [-0.3, -0.25) is 4.79 Å². The molecule has 1 aromatic heterocycles. The number of anilines is 1. The molecule has 19 heavy (non-hydrogen) atoms. The zero-order valence-electron chi connectivity index (χ0n) is 9.86. The summed E-state index contributed by atoms with van der Waals surface area (Å²) >= 11 is 4.57. The molecule has 1 N–H and O–H groups in total. The second-order valence-electron chi connectivity index (χ2n) is 3.74. The molecule has 2 rings (SSSR count). The highest BCUT2D eigenvalue weighted by molar-refractivity contribution is 9.10. The number of rotatable bonds is 5. The van der Waals surface area contributed by atoms with Crippen LogP contribution in [0.5, 0.6) is 0 Å². The van der Waals surface area contributed by atoms with E-state index in [-0.39, 0.29) is 17.3 Å². The Morgan fingerprint density at radius 2 is 2.26 bits per heavy atom. The number of carbonyl (C=O) groups is 1. The molecule has 0 saturated carbocycles. The van der Waals surface area contributed by atoms with Gasteiger partial charge >= 0.3 is 0 Å². The maximum Gasteiger partial charge on any atom is 0.234 e. The van der Waals surface area contributed by atoms with Crippen molar-refractivity contribution in [3.05, 3.63) is 52.6 Å². The molecule has 0 spiro atoms. The van der Waals surface area contributed by atoms with E-state index in [1.54, 1.807) is 18.4 Å². The van der Waals surface area contributed by atoms with Crippen molar-refractivity contribution in [1.29, 1.82) is 0 Å². The standard InChI is InChI=1S/C13H11BrFNO2S/c14-9-3-4-12(11(15)6-9)16-13(17)8-19-7-10-2-1-5-18-10/h1-6H,7-8H2,(H,16,17). The third-order valence-corrected chi connectivity index (χ3v) is 3.71. The fourth-order valence-electron chi connectivity index (χ4n) is 1.42. The number of furan rings is 1. The van der Waals surface area contributed by atoms with Crippen LogP contribution in [0.15, 0.2) is 45.5 Å². The zero-order chi connectivity index (χ0) is 13.7. The van der Waals surface area contributed by atoms with Gasteiger partial charge < -0.3 is 9.73 Å². The summed E-state index contributed by atoms with van der Waals surface area (Å²) in [4.78, 5) is 11.6. The number of benzene rings is 1. The van der Waals surface area contributed by atoms with Crippen LogP contribution in [0.25, 0.3) is 0 Å². The largest absolute Gasteiger partial charge is 0.468 e. The van der Waals surface area contributed by atoms with E-state index in [1.165, 1.54) is 23.9 Å². The van der Waals surface area contributed by atoms with Crippen LogP contribution in [0.3, 0.4) is 0 Å². The summed E-state index contributed by atoms with van der Waals surface area (Å²) in [6.45, 7) is 0. The lowest BCUT2D eigenvalue weighted by molar-refractivity contribution is -0.113. The van der Waals surface area contributed by atoms with E-state index in [0.717, 1.165) is 5.76 Å². The molecule has 0 aliphatic heterocycles. The highest BCUT2D eigenvalue weighted by atomic mass is 79.9. The minimum absolute atomic E-state index is 0.187. The number of halogens is 2. The van der Waals surface area contributed by atoms with Gasteiger partial charge in [0.1, 0.15) is 11.6 Å². The van der Waals surface area contributed by atoms with E-state index in [4.69, 9.17) is 4.42 Å². The van der Waals surface area contributed by atoms with Crippen molar-refractivity contribution in [1.82, 2.24) is 0 Å². The maximum atomic E-state index is 13.5. The third kappa shape index (κ3) is 4.40. The van der Waals surface area contributed by atoms with Crippen molar-refractivity contribution in [2.24, 2.45) is 0 Å². The van der Waals surface area contributed by atoms with Crippen molar-refractivity contribution >= 4 is 39.3 Å².